The van der Waals surface area contributed by atoms with Gasteiger partial charge in [-0.2, -0.15) is 0 Å². The lowest BCUT2D eigenvalue weighted by molar-refractivity contribution is 0.0958. The number of carbonyl (C=O) groups is 1. The molecule has 1 aromatic rings. The Morgan fingerprint density at radius 3 is 2.47 bits per heavy atom. The third-order valence-corrected chi connectivity index (χ3v) is 3.33. The summed E-state index contributed by atoms with van der Waals surface area (Å²) in [6, 6.07) is 0. The van der Waals surface area contributed by atoms with Crippen molar-refractivity contribution in [3.8, 4) is 0 Å². The molecule has 0 saturated heterocycles. The minimum atomic E-state index is -0.0774. The van der Waals surface area contributed by atoms with Crippen LogP contribution < -0.4 is 5.32 Å². The van der Waals surface area contributed by atoms with Crippen molar-refractivity contribution in [2.45, 2.75) is 6.92 Å². The summed E-state index contributed by atoms with van der Waals surface area (Å²) in [5, 5.41) is 2.85. The Labute approximate surface area is 118 Å². The van der Waals surface area contributed by atoms with Gasteiger partial charge in [0.25, 0.3) is 5.91 Å². The van der Waals surface area contributed by atoms with Crippen LogP contribution in [0.2, 0.25) is 0 Å². The van der Waals surface area contributed by atoms with Crippen molar-refractivity contribution in [2.75, 3.05) is 41.3 Å². The highest BCUT2D eigenvalue weighted by Gasteiger charge is 2.10. The third-order valence-electron chi connectivity index (χ3n) is 2.40. The molecule has 0 aliphatic heterocycles. The molecule has 0 spiro atoms. The highest BCUT2D eigenvalue weighted by molar-refractivity contribution is 7.11. The molecule has 0 aromatic carbocycles. The molecule has 0 unspecified atom stereocenters. The van der Waals surface area contributed by atoms with Crippen LogP contribution in [0.1, 0.15) is 15.4 Å². The molecular formula is C12H21N5OS. The van der Waals surface area contributed by atoms with Crippen LogP contribution in [-0.4, -0.2) is 67.9 Å². The molecule has 1 aromatic heterocycles. The number of thiazole rings is 1. The summed E-state index contributed by atoms with van der Waals surface area (Å²) < 4.78 is 0. The second kappa shape index (κ2) is 7.08. The Kier molecular flexibility index (Phi) is 5.75. The van der Waals surface area contributed by atoms with Crippen LogP contribution in [0, 0.1) is 6.92 Å². The number of hydrogen-bond acceptors (Lipinski definition) is 4. The van der Waals surface area contributed by atoms with E-state index in [0.29, 0.717) is 18.0 Å². The van der Waals surface area contributed by atoms with E-state index in [1.54, 1.807) is 5.51 Å². The van der Waals surface area contributed by atoms with Crippen LogP contribution in [0.4, 0.5) is 0 Å². The number of aromatic nitrogens is 1. The molecule has 0 fully saturated rings. The molecule has 6 nitrogen and oxygen atoms in total. The number of carbonyl (C=O) groups excluding carboxylic acids is 1. The minimum absolute atomic E-state index is 0.0774. The molecule has 0 saturated carbocycles. The van der Waals surface area contributed by atoms with E-state index in [-0.39, 0.29) is 5.91 Å². The Morgan fingerprint density at radius 1 is 1.37 bits per heavy atom. The van der Waals surface area contributed by atoms with E-state index in [4.69, 9.17) is 0 Å². The first-order chi connectivity index (χ1) is 8.93. The number of rotatable bonds is 4. The normalized spacial score (nSPS) is 9.95. The molecule has 0 bridgehead atoms. The minimum Gasteiger partial charge on any atom is -0.349 e. The van der Waals surface area contributed by atoms with Gasteiger partial charge in [-0.3, -0.25) is 9.79 Å². The van der Waals surface area contributed by atoms with Crippen molar-refractivity contribution in [1.82, 2.24) is 20.1 Å². The van der Waals surface area contributed by atoms with E-state index in [9.17, 15) is 4.79 Å². The molecule has 0 aliphatic carbocycles. The van der Waals surface area contributed by atoms with Gasteiger partial charge in [0.05, 0.1) is 17.7 Å². The van der Waals surface area contributed by atoms with Crippen LogP contribution in [0.15, 0.2) is 10.5 Å². The summed E-state index contributed by atoms with van der Waals surface area (Å²) in [5.41, 5.74) is 2.45. The molecule has 7 heteroatoms. The van der Waals surface area contributed by atoms with Crippen molar-refractivity contribution in [3.63, 3.8) is 0 Å². The largest absolute Gasteiger partial charge is 0.349 e. The van der Waals surface area contributed by atoms with Crippen molar-refractivity contribution in [1.29, 1.82) is 0 Å². The molecule has 1 N–H and O–H groups in total. The van der Waals surface area contributed by atoms with Crippen LogP contribution in [0.5, 0.6) is 0 Å². The average Bonchev–Trinajstić information content (AvgIpc) is 2.73. The number of hydrogen-bond donors (Lipinski definition) is 1. The van der Waals surface area contributed by atoms with Crippen molar-refractivity contribution < 1.29 is 4.79 Å². The van der Waals surface area contributed by atoms with Gasteiger partial charge < -0.3 is 15.1 Å². The average molecular weight is 283 g/mol. The van der Waals surface area contributed by atoms with Gasteiger partial charge in [-0.15, -0.1) is 11.3 Å². The first kappa shape index (κ1) is 15.4. The van der Waals surface area contributed by atoms with Crippen molar-refractivity contribution >= 4 is 23.2 Å². The lowest BCUT2D eigenvalue weighted by Gasteiger charge is -2.22. The predicted molar refractivity (Wildman–Crippen MR) is 78.9 cm³/mol. The van der Waals surface area contributed by atoms with E-state index in [2.05, 4.69) is 15.3 Å². The molecule has 106 valence electrons. The summed E-state index contributed by atoms with van der Waals surface area (Å²) >= 11 is 1.36. The van der Waals surface area contributed by atoms with Gasteiger partial charge >= 0.3 is 0 Å². The first-order valence-corrected chi connectivity index (χ1v) is 6.88. The van der Waals surface area contributed by atoms with Gasteiger partial charge in [0.2, 0.25) is 0 Å². The van der Waals surface area contributed by atoms with E-state index in [0.717, 1.165) is 11.7 Å². The van der Waals surface area contributed by atoms with Crippen molar-refractivity contribution in [2.24, 2.45) is 4.99 Å². The summed E-state index contributed by atoms with van der Waals surface area (Å²) in [5.74, 6) is 0.801. The van der Waals surface area contributed by atoms with Crippen molar-refractivity contribution in [3.05, 3.63) is 16.1 Å². The summed E-state index contributed by atoms with van der Waals surface area (Å²) in [7, 11) is 7.77. The third kappa shape index (κ3) is 4.51. The lowest BCUT2D eigenvalue weighted by atomic mass is 10.4. The van der Waals surface area contributed by atoms with Gasteiger partial charge in [-0.1, -0.05) is 0 Å². The second-order valence-electron chi connectivity index (χ2n) is 4.49. The van der Waals surface area contributed by atoms with E-state index in [1.807, 2.05) is 44.9 Å². The van der Waals surface area contributed by atoms with Gasteiger partial charge in [0.1, 0.15) is 4.88 Å². The summed E-state index contributed by atoms with van der Waals surface area (Å²) in [4.78, 5) is 24.9. The zero-order chi connectivity index (χ0) is 14.4. The quantitative estimate of drug-likeness (QED) is 0.501. The van der Waals surface area contributed by atoms with Crippen LogP contribution >= 0.6 is 11.3 Å². The lowest BCUT2D eigenvalue weighted by Crippen LogP contribution is -2.36. The molecule has 1 amide bonds. The second-order valence-corrected chi connectivity index (χ2v) is 5.35. The molecule has 1 rings (SSSR count). The number of aliphatic imine (C=N–C) groups is 1. The van der Waals surface area contributed by atoms with Crippen LogP contribution in [0.25, 0.3) is 0 Å². The summed E-state index contributed by atoms with van der Waals surface area (Å²) in [6.07, 6.45) is 0. The van der Waals surface area contributed by atoms with Gasteiger partial charge in [0.15, 0.2) is 5.96 Å². The topological polar surface area (TPSA) is 60.8 Å². The van der Waals surface area contributed by atoms with E-state index in [1.165, 1.54) is 11.3 Å². The van der Waals surface area contributed by atoms with E-state index < -0.39 is 0 Å². The molecule has 0 radical (unpaired) electrons. The zero-order valence-corrected chi connectivity index (χ0v) is 12.9. The number of aryl methyl sites for hydroxylation is 1. The Bertz CT molecular complexity index is 443. The number of amides is 1. The number of guanidine groups is 1. The predicted octanol–water partition coefficient (Wildman–Crippen LogP) is 0.661. The fourth-order valence-electron chi connectivity index (χ4n) is 1.61. The van der Waals surface area contributed by atoms with Crippen LogP contribution in [0.3, 0.4) is 0 Å². The maximum atomic E-state index is 11.8. The molecule has 0 aliphatic rings. The van der Waals surface area contributed by atoms with Gasteiger partial charge in [-0.25, -0.2) is 4.98 Å². The molecule has 19 heavy (non-hydrogen) atoms. The highest BCUT2D eigenvalue weighted by Crippen LogP contribution is 2.11. The molecular weight excluding hydrogens is 262 g/mol. The molecule has 1 heterocycles. The Hall–Kier alpha value is -1.63. The Balaban J connectivity index is 2.45. The smallest absolute Gasteiger partial charge is 0.263 e. The standard InChI is InChI=1S/C12H21N5OS/c1-9-10(19-8-15-9)11(18)13-6-7-14-12(16(2)3)17(4)5/h8H,6-7H2,1-5H3,(H,13,18). The fourth-order valence-corrected chi connectivity index (χ4v) is 2.33. The first-order valence-electron chi connectivity index (χ1n) is 6.01. The number of nitrogens with one attached hydrogen (secondary N) is 1. The summed E-state index contributed by atoms with van der Waals surface area (Å²) in [6.45, 7) is 2.90. The number of nitrogens with zero attached hydrogens (tertiary/aromatic N) is 4. The van der Waals surface area contributed by atoms with Crippen LogP contribution in [-0.2, 0) is 0 Å². The maximum Gasteiger partial charge on any atom is 0.263 e. The zero-order valence-electron chi connectivity index (χ0n) is 12.1. The monoisotopic (exact) mass is 283 g/mol. The SMILES string of the molecule is Cc1ncsc1C(=O)NCCN=C(N(C)C)N(C)C. The highest BCUT2D eigenvalue weighted by atomic mass is 32.1. The fraction of sp³-hybridized carbons (Fsp3) is 0.583. The molecule has 0 atom stereocenters. The van der Waals surface area contributed by atoms with E-state index >= 15 is 0 Å². The maximum absolute atomic E-state index is 11.8. The van der Waals surface area contributed by atoms with Gasteiger partial charge in [-0.05, 0) is 6.92 Å². The Morgan fingerprint density at radius 2 is 2.00 bits per heavy atom. The van der Waals surface area contributed by atoms with Gasteiger partial charge in [0, 0.05) is 34.7 Å².